The van der Waals surface area contributed by atoms with Gasteiger partial charge in [-0.3, -0.25) is 9.69 Å². The lowest BCUT2D eigenvalue weighted by Crippen LogP contribution is -2.41. The Bertz CT molecular complexity index is 389. The first-order valence-electron chi connectivity index (χ1n) is 6.95. The number of unbranched alkanes of at least 4 members (excludes halogenated alkanes) is 1. The minimum atomic E-state index is -0.0795. The zero-order valence-electron chi connectivity index (χ0n) is 12.1. The number of hydrogen-bond donors (Lipinski definition) is 2. The van der Waals surface area contributed by atoms with Crippen LogP contribution >= 0.6 is 0 Å². The molecule has 19 heavy (non-hydrogen) atoms. The van der Waals surface area contributed by atoms with Gasteiger partial charge in [-0.05, 0) is 50.7 Å². The summed E-state index contributed by atoms with van der Waals surface area (Å²) in [5.41, 5.74) is 7.12. The third-order valence-corrected chi connectivity index (χ3v) is 3.26. The molecule has 0 radical (unpaired) electrons. The zero-order chi connectivity index (χ0) is 14.3. The number of carbonyl (C=O) groups is 1. The highest BCUT2D eigenvalue weighted by atomic mass is 16.2. The number of likely N-dealkylation sites (N-methyl/N-ethyl adjacent to an activating group) is 1. The summed E-state index contributed by atoms with van der Waals surface area (Å²) in [6.45, 7) is 5.14. The molecule has 0 spiro atoms. The van der Waals surface area contributed by atoms with Gasteiger partial charge < -0.3 is 11.1 Å². The number of carbonyl (C=O) groups excluding carboxylic acids is 1. The molecule has 0 saturated heterocycles. The van der Waals surface area contributed by atoms with Crippen molar-refractivity contribution < 1.29 is 4.79 Å². The van der Waals surface area contributed by atoms with E-state index in [9.17, 15) is 4.79 Å². The van der Waals surface area contributed by atoms with E-state index < -0.39 is 0 Å². The first-order valence-corrected chi connectivity index (χ1v) is 6.95. The van der Waals surface area contributed by atoms with E-state index >= 15 is 0 Å². The van der Waals surface area contributed by atoms with Crippen molar-refractivity contribution in [2.24, 2.45) is 0 Å². The lowest BCUT2D eigenvalue weighted by atomic mass is 10.1. The van der Waals surface area contributed by atoms with Crippen LogP contribution in [0.2, 0.25) is 0 Å². The lowest BCUT2D eigenvalue weighted by molar-refractivity contribution is -0.121. The molecular formula is C15H25N3O. The summed E-state index contributed by atoms with van der Waals surface area (Å²) in [6.07, 6.45) is 3.06. The fourth-order valence-corrected chi connectivity index (χ4v) is 2.05. The molecule has 0 aliphatic carbocycles. The smallest absolute Gasteiger partial charge is 0.241 e. The molecule has 3 N–H and O–H groups in total. The second kappa shape index (κ2) is 7.79. The Kier molecular flexibility index (Phi) is 6.36. The summed E-state index contributed by atoms with van der Waals surface area (Å²) in [7, 11) is 2.01. The van der Waals surface area contributed by atoms with E-state index in [1.54, 1.807) is 12.1 Å². The molecule has 0 aliphatic heterocycles. The summed E-state index contributed by atoms with van der Waals surface area (Å²) >= 11 is 0. The van der Waals surface area contributed by atoms with Crippen LogP contribution < -0.4 is 11.1 Å². The van der Waals surface area contributed by atoms with Crippen molar-refractivity contribution in [1.82, 2.24) is 4.90 Å². The van der Waals surface area contributed by atoms with Crippen LogP contribution in [0.4, 0.5) is 11.4 Å². The highest BCUT2D eigenvalue weighted by Crippen LogP contribution is 2.13. The summed E-state index contributed by atoms with van der Waals surface area (Å²) in [6, 6.07) is 7.15. The van der Waals surface area contributed by atoms with Gasteiger partial charge in [0.25, 0.3) is 0 Å². The average molecular weight is 263 g/mol. The van der Waals surface area contributed by atoms with Crippen molar-refractivity contribution >= 4 is 17.3 Å². The molecule has 1 amide bonds. The van der Waals surface area contributed by atoms with E-state index in [1.807, 2.05) is 26.1 Å². The van der Waals surface area contributed by atoms with Crippen LogP contribution in [0, 0.1) is 0 Å². The van der Waals surface area contributed by atoms with Crippen molar-refractivity contribution in [1.29, 1.82) is 0 Å². The third-order valence-electron chi connectivity index (χ3n) is 3.26. The Morgan fingerprint density at radius 1 is 1.32 bits per heavy atom. The van der Waals surface area contributed by atoms with Crippen molar-refractivity contribution in [2.75, 3.05) is 24.6 Å². The number of amides is 1. The molecule has 0 aliphatic rings. The maximum absolute atomic E-state index is 12.2. The van der Waals surface area contributed by atoms with Gasteiger partial charge in [-0.2, -0.15) is 0 Å². The van der Waals surface area contributed by atoms with Gasteiger partial charge in [-0.25, -0.2) is 0 Å². The maximum atomic E-state index is 12.2. The van der Waals surface area contributed by atoms with E-state index in [4.69, 9.17) is 5.73 Å². The molecular weight excluding hydrogens is 238 g/mol. The molecule has 0 fully saturated rings. The Hall–Kier alpha value is -1.55. The summed E-state index contributed by atoms with van der Waals surface area (Å²) in [5.74, 6) is 0.0471. The van der Waals surface area contributed by atoms with Crippen LogP contribution in [-0.2, 0) is 4.79 Å². The van der Waals surface area contributed by atoms with Crippen LogP contribution in [0.3, 0.4) is 0 Å². The molecule has 0 bridgehead atoms. The summed E-state index contributed by atoms with van der Waals surface area (Å²) in [5, 5.41) is 2.94. The van der Waals surface area contributed by atoms with Gasteiger partial charge in [0.15, 0.2) is 0 Å². The largest absolute Gasteiger partial charge is 0.399 e. The Morgan fingerprint density at radius 3 is 2.47 bits per heavy atom. The van der Waals surface area contributed by atoms with E-state index in [0.29, 0.717) is 5.69 Å². The maximum Gasteiger partial charge on any atom is 0.241 e. The fourth-order valence-electron chi connectivity index (χ4n) is 2.05. The van der Waals surface area contributed by atoms with Crippen molar-refractivity contribution in [3.63, 3.8) is 0 Å². The van der Waals surface area contributed by atoms with Gasteiger partial charge in [-0.1, -0.05) is 20.3 Å². The van der Waals surface area contributed by atoms with E-state index in [1.165, 1.54) is 0 Å². The van der Waals surface area contributed by atoms with Crippen LogP contribution in [0.15, 0.2) is 24.3 Å². The number of nitrogens with zero attached hydrogens (tertiary/aromatic N) is 1. The molecule has 1 unspecified atom stereocenters. The predicted octanol–water partition coefficient (Wildman–Crippen LogP) is 2.72. The number of nitrogens with two attached hydrogens (primary N) is 1. The van der Waals surface area contributed by atoms with Gasteiger partial charge in [0.1, 0.15) is 0 Å². The van der Waals surface area contributed by atoms with Crippen molar-refractivity contribution in [3.8, 4) is 0 Å². The Labute approximate surface area is 116 Å². The topological polar surface area (TPSA) is 58.4 Å². The predicted molar refractivity (Wildman–Crippen MR) is 81.1 cm³/mol. The molecule has 0 saturated carbocycles. The quantitative estimate of drug-likeness (QED) is 0.744. The van der Waals surface area contributed by atoms with Crippen LogP contribution in [0.5, 0.6) is 0 Å². The molecule has 4 nitrogen and oxygen atoms in total. The Balaban J connectivity index is 2.60. The molecule has 1 aromatic carbocycles. The second-order valence-electron chi connectivity index (χ2n) is 4.87. The highest BCUT2D eigenvalue weighted by Gasteiger charge is 2.20. The highest BCUT2D eigenvalue weighted by molar-refractivity contribution is 5.94. The average Bonchev–Trinajstić information content (AvgIpc) is 2.40. The summed E-state index contributed by atoms with van der Waals surface area (Å²) < 4.78 is 0. The van der Waals surface area contributed by atoms with E-state index in [0.717, 1.165) is 31.5 Å². The number of anilines is 2. The molecule has 1 aromatic rings. The second-order valence-corrected chi connectivity index (χ2v) is 4.87. The van der Waals surface area contributed by atoms with Crippen molar-refractivity contribution in [3.05, 3.63) is 24.3 Å². The standard InChI is InChI=1S/C15H25N3O/c1-4-6-11-18(3)14(5-2)15(19)17-13-9-7-12(16)8-10-13/h7-10,14H,4-6,11,16H2,1-3H3,(H,17,19). The molecule has 1 atom stereocenters. The molecule has 106 valence electrons. The number of hydrogen-bond acceptors (Lipinski definition) is 3. The minimum absolute atomic E-state index is 0.0471. The first kappa shape index (κ1) is 15.5. The van der Waals surface area contributed by atoms with Crippen molar-refractivity contribution in [2.45, 2.75) is 39.2 Å². The van der Waals surface area contributed by atoms with E-state index in [-0.39, 0.29) is 11.9 Å². The van der Waals surface area contributed by atoms with Crippen LogP contribution in [-0.4, -0.2) is 30.4 Å². The third kappa shape index (κ3) is 4.91. The Morgan fingerprint density at radius 2 is 1.95 bits per heavy atom. The number of nitrogen functional groups attached to an aromatic ring is 1. The van der Waals surface area contributed by atoms with E-state index in [2.05, 4.69) is 17.1 Å². The zero-order valence-corrected chi connectivity index (χ0v) is 12.1. The molecule has 1 rings (SSSR count). The number of nitrogens with one attached hydrogen (secondary N) is 1. The van der Waals surface area contributed by atoms with Crippen LogP contribution in [0.25, 0.3) is 0 Å². The SMILES string of the molecule is CCCCN(C)C(CC)C(=O)Nc1ccc(N)cc1. The number of rotatable bonds is 7. The van der Waals surface area contributed by atoms with Gasteiger partial charge in [0, 0.05) is 11.4 Å². The molecule has 4 heteroatoms. The first-order chi connectivity index (χ1) is 9.08. The molecule has 0 aromatic heterocycles. The van der Waals surface area contributed by atoms with Gasteiger partial charge in [0.2, 0.25) is 5.91 Å². The fraction of sp³-hybridized carbons (Fsp3) is 0.533. The van der Waals surface area contributed by atoms with Gasteiger partial charge in [0.05, 0.1) is 6.04 Å². The number of benzene rings is 1. The minimum Gasteiger partial charge on any atom is -0.399 e. The van der Waals surface area contributed by atoms with Gasteiger partial charge in [-0.15, -0.1) is 0 Å². The monoisotopic (exact) mass is 263 g/mol. The molecule has 0 heterocycles. The lowest BCUT2D eigenvalue weighted by Gasteiger charge is -2.26. The normalized spacial score (nSPS) is 12.4. The summed E-state index contributed by atoms with van der Waals surface area (Å²) in [4.78, 5) is 14.4. The van der Waals surface area contributed by atoms with Gasteiger partial charge >= 0.3 is 0 Å². The van der Waals surface area contributed by atoms with Crippen LogP contribution in [0.1, 0.15) is 33.1 Å².